The molecule has 0 heterocycles. The zero-order chi connectivity index (χ0) is 14.5. The van der Waals surface area contributed by atoms with Gasteiger partial charge in [-0.15, -0.1) is 6.58 Å². The molecule has 0 aromatic heterocycles. The van der Waals surface area contributed by atoms with Gasteiger partial charge in [-0.05, 0) is 36.7 Å². The van der Waals surface area contributed by atoms with E-state index in [1.165, 1.54) is 11.4 Å². The number of hydrogen-bond donors (Lipinski definition) is 1. The Labute approximate surface area is 114 Å². The van der Waals surface area contributed by atoms with E-state index >= 15 is 0 Å². The lowest BCUT2D eigenvalue weighted by molar-refractivity contribution is 0.413. The first-order chi connectivity index (χ1) is 8.97. The zero-order valence-corrected chi connectivity index (χ0v) is 12.1. The molecule has 0 saturated carbocycles. The summed E-state index contributed by atoms with van der Waals surface area (Å²) in [6, 6.07) is 4.90. The second kappa shape index (κ2) is 6.70. The topological polar surface area (TPSA) is 72.6 Å². The normalized spacial score (nSPS) is 11.6. The predicted molar refractivity (Wildman–Crippen MR) is 75.8 cm³/mol. The summed E-state index contributed by atoms with van der Waals surface area (Å²) < 4.78 is 31.2. The molecule has 1 aromatic rings. The maximum Gasteiger partial charge on any atom is 0.243 e. The Bertz CT molecular complexity index is 541. The van der Waals surface area contributed by atoms with Crippen LogP contribution >= 0.6 is 0 Å². The van der Waals surface area contributed by atoms with Gasteiger partial charge in [0, 0.05) is 13.6 Å². The largest absolute Gasteiger partial charge is 0.497 e. The summed E-state index contributed by atoms with van der Waals surface area (Å²) in [5.41, 5.74) is 6.20. The molecular formula is C13H20N2O3S. The molecule has 1 aromatic carbocycles. The Morgan fingerprint density at radius 1 is 1.47 bits per heavy atom. The average molecular weight is 284 g/mol. The van der Waals surface area contributed by atoms with Gasteiger partial charge in [0.15, 0.2) is 0 Å². The molecule has 1 rings (SSSR count). The van der Waals surface area contributed by atoms with Crippen molar-refractivity contribution in [3.05, 3.63) is 36.4 Å². The standard InChI is InChI=1S/C13H20N2O3S/c1-4-9-15(2)19(16,17)13-6-5-12(18-3)10-11(13)7-8-14/h4-6,10H,1,7-9,14H2,2-3H3. The van der Waals surface area contributed by atoms with Crippen LogP contribution in [0.1, 0.15) is 5.56 Å². The van der Waals surface area contributed by atoms with Gasteiger partial charge in [-0.3, -0.25) is 0 Å². The molecule has 0 bridgehead atoms. The van der Waals surface area contributed by atoms with Crippen molar-refractivity contribution in [1.82, 2.24) is 4.31 Å². The second-order valence-corrected chi connectivity index (χ2v) is 6.10. The predicted octanol–water partition coefficient (Wildman–Crippen LogP) is 1.00. The number of methoxy groups -OCH3 is 1. The number of benzene rings is 1. The van der Waals surface area contributed by atoms with Crippen LogP contribution in [0.3, 0.4) is 0 Å². The number of ether oxygens (including phenoxy) is 1. The molecule has 106 valence electrons. The van der Waals surface area contributed by atoms with E-state index in [4.69, 9.17) is 10.5 Å². The van der Waals surface area contributed by atoms with Gasteiger partial charge < -0.3 is 10.5 Å². The summed E-state index contributed by atoms with van der Waals surface area (Å²) in [6.45, 7) is 4.18. The molecule has 0 aliphatic rings. The van der Waals surface area contributed by atoms with Gasteiger partial charge in [0.2, 0.25) is 10.0 Å². The summed E-state index contributed by atoms with van der Waals surface area (Å²) >= 11 is 0. The molecule has 0 fully saturated rings. The quantitative estimate of drug-likeness (QED) is 0.758. The van der Waals surface area contributed by atoms with Crippen LogP contribution < -0.4 is 10.5 Å². The van der Waals surface area contributed by atoms with Gasteiger partial charge in [0.05, 0.1) is 12.0 Å². The smallest absolute Gasteiger partial charge is 0.243 e. The van der Waals surface area contributed by atoms with Crippen LogP contribution in [0.2, 0.25) is 0 Å². The molecule has 0 unspecified atom stereocenters. The van der Waals surface area contributed by atoms with Gasteiger partial charge in [0.1, 0.15) is 5.75 Å². The van der Waals surface area contributed by atoms with Crippen molar-refractivity contribution in [2.45, 2.75) is 11.3 Å². The molecule has 5 nitrogen and oxygen atoms in total. The monoisotopic (exact) mass is 284 g/mol. The average Bonchev–Trinajstić information content (AvgIpc) is 2.39. The first-order valence-electron chi connectivity index (χ1n) is 5.91. The third-order valence-corrected chi connectivity index (χ3v) is 4.68. The van der Waals surface area contributed by atoms with Crippen LogP contribution in [0.5, 0.6) is 5.75 Å². The van der Waals surface area contributed by atoms with Crippen molar-refractivity contribution >= 4 is 10.0 Å². The van der Waals surface area contributed by atoms with Crippen molar-refractivity contribution < 1.29 is 13.2 Å². The van der Waals surface area contributed by atoms with Crippen molar-refractivity contribution in [3.8, 4) is 5.75 Å². The Morgan fingerprint density at radius 3 is 2.68 bits per heavy atom. The molecule has 0 atom stereocenters. The SMILES string of the molecule is C=CCN(C)S(=O)(=O)c1ccc(OC)cc1CCN. The lowest BCUT2D eigenvalue weighted by Crippen LogP contribution is -2.28. The number of nitrogens with zero attached hydrogens (tertiary/aromatic N) is 1. The molecule has 0 aliphatic heterocycles. The van der Waals surface area contributed by atoms with E-state index in [1.807, 2.05) is 0 Å². The fourth-order valence-electron chi connectivity index (χ4n) is 1.73. The molecular weight excluding hydrogens is 264 g/mol. The highest BCUT2D eigenvalue weighted by Crippen LogP contribution is 2.24. The van der Waals surface area contributed by atoms with Crippen LogP contribution in [-0.4, -0.2) is 40.0 Å². The van der Waals surface area contributed by atoms with Crippen LogP contribution in [0.25, 0.3) is 0 Å². The molecule has 6 heteroatoms. The Balaban J connectivity index is 3.28. The van der Waals surface area contributed by atoms with E-state index in [-0.39, 0.29) is 11.4 Å². The maximum atomic E-state index is 12.4. The van der Waals surface area contributed by atoms with Crippen LogP contribution in [0, 0.1) is 0 Å². The van der Waals surface area contributed by atoms with Crippen LogP contribution in [-0.2, 0) is 16.4 Å². The van der Waals surface area contributed by atoms with E-state index in [0.29, 0.717) is 24.3 Å². The third-order valence-electron chi connectivity index (χ3n) is 2.76. The minimum Gasteiger partial charge on any atom is -0.497 e. The Kier molecular flexibility index (Phi) is 5.53. The van der Waals surface area contributed by atoms with E-state index in [9.17, 15) is 8.42 Å². The molecule has 19 heavy (non-hydrogen) atoms. The van der Waals surface area contributed by atoms with Gasteiger partial charge >= 0.3 is 0 Å². The van der Waals surface area contributed by atoms with Crippen molar-refractivity contribution in [1.29, 1.82) is 0 Å². The van der Waals surface area contributed by atoms with Gasteiger partial charge in [-0.1, -0.05) is 6.08 Å². The first kappa shape index (κ1) is 15.7. The fourth-order valence-corrected chi connectivity index (χ4v) is 3.10. The minimum absolute atomic E-state index is 0.260. The molecule has 0 amide bonds. The summed E-state index contributed by atoms with van der Waals surface area (Å²) in [7, 11) is -0.465. The van der Waals surface area contributed by atoms with E-state index in [2.05, 4.69) is 6.58 Å². The lowest BCUT2D eigenvalue weighted by atomic mass is 10.1. The second-order valence-electron chi connectivity index (χ2n) is 4.09. The number of nitrogens with two attached hydrogens (primary N) is 1. The van der Waals surface area contributed by atoms with Crippen LogP contribution in [0.4, 0.5) is 0 Å². The Hall–Kier alpha value is -1.37. The van der Waals surface area contributed by atoms with Crippen molar-refractivity contribution in [2.75, 3.05) is 27.2 Å². The van der Waals surface area contributed by atoms with Crippen molar-refractivity contribution in [2.24, 2.45) is 5.73 Å². The van der Waals surface area contributed by atoms with Crippen molar-refractivity contribution in [3.63, 3.8) is 0 Å². The first-order valence-corrected chi connectivity index (χ1v) is 7.35. The molecule has 0 radical (unpaired) electrons. The van der Waals surface area contributed by atoms with E-state index in [0.717, 1.165) is 0 Å². The molecule has 0 saturated heterocycles. The van der Waals surface area contributed by atoms with Crippen LogP contribution in [0.15, 0.2) is 35.7 Å². The highest BCUT2D eigenvalue weighted by molar-refractivity contribution is 7.89. The molecule has 0 aliphatic carbocycles. The van der Waals surface area contributed by atoms with Gasteiger partial charge in [-0.2, -0.15) is 4.31 Å². The number of sulfonamides is 1. The van der Waals surface area contributed by atoms with Gasteiger partial charge in [-0.25, -0.2) is 8.42 Å². The maximum absolute atomic E-state index is 12.4. The summed E-state index contributed by atoms with van der Waals surface area (Å²) in [6.07, 6.45) is 2.03. The third kappa shape index (κ3) is 3.56. The zero-order valence-electron chi connectivity index (χ0n) is 11.3. The van der Waals surface area contributed by atoms with E-state index < -0.39 is 10.0 Å². The van der Waals surface area contributed by atoms with E-state index in [1.54, 1.807) is 31.4 Å². The fraction of sp³-hybridized carbons (Fsp3) is 0.385. The highest BCUT2D eigenvalue weighted by Gasteiger charge is 2.23. The summed E-state index contributed by atoms with van der Waals surface area (Å²) in [5.74, 6) is 0.619. The molecule has 2 N–H and O–H groups in total. The molecule has 0 spiro atoms. The minimum atomic E-state index is -3.53. The number of hydrogen-bond acceptors (Lipinski definition) is 4. The number of rotatable bonds is 7. The Morgan fingerprint density at radius 2 is 2.16 bits per heavy atom. The summed E-state index contributed by atoms with van der Waals surface area (Å²) in [4.78, 5) is 0.267. The summed E-state index contributed by atoms with van der Waals surface area (Å²) in [5, 5.41) is 0. The number of likely N-dealkylation sites (N-methyl/N-ethyl adjacent to an activating group) is 1. The highest BCUT2D eigenvalue weighted by atomic mass is 32.2. The lowest BCUT2D eigenvalue weighted by Gasteiger charge is -2.18. The van der Waals surface area contributed by atoms with Gasteiger partial charge in [0.25, 0.3) is 0 Å².